The maximum Gasteiger partial charge on any atom is 0.149 e. The zero-order valence-corrected chi connectivity index (χ0v) is 12.2. The average molecular weight is 280 g/mol. The van der Waals surface area contributed by atoms with Gasteiger partial charge in [-0.2, -0.15) is 0 Å². The minimum absolute atomic E-state index is 0.143. The Labute approximate surface area is 114 Å². The summed E-state index contributed by atoms with van der Waals surface area (Å²) in [7, 11) is -2.93. The van der Waals surface area contributed by atoms with Crippen LogP contribution in [0.4, 0.5) is 0 Å². The smallest absolute Gasteiger partial charge is 0.149 e. The van der Waals surface area contributed by atoms with Crippen LogP contribution in [0.2, 0.25) is 0 Å². The van der Waals surface area contributed by atoms with Gasteiger partial charge in [-0.1, -0.05) is 6.07 Å². The quantitative estimate of drug-likeness (QED) is 0.904. The summed E-state index contributed by atoms with van der Waals surface area (Å²) in [5.74, 6) is 0.165. The Morgan fingerprint density at radius 3 is 2.68 bits per heavy atom. The molecule has 0 radical (unpaired) electrons. The zero-order valence-electron chi connectivity index (χ0n) is 11.3. The van der Waals surface area contributed by atoms with E-state index in [0.717, 1.165) is 17.3 Å². The predicted molar refractivity (Wildman–Crippen MR) is 79.0 cm³/mol. The van der Waals surface area contributed by atoms with Gasteiger partial charge in [0.25, 0.3) is 0 Å². The monoisotopic (exact) mass is 280 g/mol. The maximum absolute atomic E-state index is 11.2. The third-order valence-corrected chi connectivity index (χ3v) is 4.02. The van der Waals surface area contributed by atoms with Crippen LogP contribution in [-0.2, 0) is 22.8 Å². The molecule has 1 unspecified atom stereocenters. The van der Waals surface area contributed by atoms with Gasteiger partial charge < -0.3 is 10.3 Å². The number of aryl methyl sites for hydroxylation is 1. The fraction of sp³-hybridized carbons (Fsp3) is 0.429. The summed E-state index contributed by atoms with van der Waals surface area (Å²) in [4.78, 5) is 0. The van der Waals surface area contributed by atoms with Gasteiger partial charge in [-0.15, -0.1) is 0 Å². The molecule has 1 aromatic carbocycles. The first kappa shape index (κ1) is 14.1. The molecule has 1 aromatic heterocycles. The van der Waals surface area contributed by atoms with E-state index >= 15 is 0 Å². The molecule has 1 heterocycles. The zero-order chi connectivity index (χ0) is 14.0. The highest BCUT2D eigenvalue weighted by molar-refractivity contribution is 7.90. The van der Waals surface area contributed by atoms with Crippen LogP contribution in [0.3, 0.4) is 0 Å². The Kier molecular flexibility index (Phi) is 3.96. The van der Waals surface area contributed by atoms with Gasteiger partial charge in [0.15, 0.2) is 0 Å². The molecule has 2 N–H and O–H groups in total. The summed E-state index contributed by atoms with van der Waals surface area (Å²) >= 11 is 0. The second-order valence-corrected chi connectivity index (χ2v) is 7.47. The van der Waals surface area contributed by atoms with Crippen molar-refractivity contribution in [2.45, 2.75) is 25.9 Å². The first-order chi connectivity index (χ1) is 8.85. The van der Waals surface area contributed by atoms with Gasteiger partial charge in [-0.25, -0.2) is 8.42 Å². The molecule has 0 aliphatic rings. The van der Waals surface area contributed by atoms with E-state index in [1.807, 2.05) is 29.8 Å². The van der Waals surface area contributed by atoms with Crippen molar-refractivity contribution in [1.82, 2.24) is 4.57 Å². The van der Waals surface area contributed by atoms with Crippen molar-refractivity contribution in [3.63, 3.8) is 0 Å². The number of rotatable bonds is 5. The molecule has 104 valence electrons. The van der Waals surface area contributed by atoms with Gasteiger partial charge in [0.05, 0.1) is 5.75 Å². The molecular formula is C14H20N2O2S. The van der Waals surface area contributed by atoms with Crippen LogP contribution in [0, 0.1) is 0 Å². The minimum Gasteiger partial charge on any atom is -0.346 e. The van der Waals surface area contributed by atoms with Crippen molar-refractivity contribution in [3.8, 4) is 0 Å². The Balaban J connectivity index is 2.24. The minimum atomic E-state index is -2.93. The van der Waals surface area contributed by atoms with E-state index in [4.69, 9.17) is 5.73 Å². The van der Waals surface area contributed by atoms with Gasteiger partial charge in [0.2, 0.25) is 0 Å². The Bertz CT molecular complexity index is 672. The van der Waals surface area contributed by atoms with E-state index in [-0.39, 0.29) is 11.8 Å². The summed E-state index contributed by atoms with van der Waals surface area (Å²) in [6.45, 7) is 2.48. The molecule has 0 aliphatic heterocycles. The SMILES string of the molecule is CC(N)Cc1ccc2c(ccn2CCS(C)(=O)=O)c1. The fourth-order valence-corrected chi connectivity index (χ4v) is 2.74. The predicted octanol–water partition coefficient (Wildman–Crippen LogP) is 1.58. The molecule has 2 rings (SSSR count). The third kappa shape index (κ3) is 3.81. The van der Waals surface area contributed by atoms with Crippen LogP contribution in [0.5, 0.6) is 0 Å². The Hall–Kier alpha value is -1.33. The van der Waals surface area contributed by atoms with Crippen LogP contribution >= 0.6 is 0 Å². The molecule has 0 aliphatic carbocycles. The van der Waals surface area contributed by atoms with Crippen molar-refractivity contribution < 1.29 is 8.42 Å². The Morgan fingerprint density at radius 2 is 2.05 bits per heavy atom. The number of aromatic nitrogens is 1. The summed E-state index contributed by atoms with van der Waals surface area (Å²) in [6, 6.07) is 8.38. The first-order valence-corrected chi connectivity index (χ1v) is 8.42. The first-order valence-electron chi connectivity index (χ1n) is 6.36. The van der Waals surface area contributed by atoms with E-state index in [2.05, 4.69) is 12.1 Å². The molecule has 0 amide bonds. The Morgan fingerprint density at radius 1 is 1.32 bits per heavy atom. The molecule has 0 fully saturated rings. The van der Waals surface area contributed by atoms with Crippen LogP contribution in [0.15, 0.2) is 30.5 Å². The normalized spacial score (nSPS) is 13.8. The van der Waals surface area contributed by atoms with Crippen molar-refractivity contribution >= 4 is 20.7 Å². The van der Waals surface area contributed by atoms with Gasteiger partial charge >= 0.3 is 0 Å². The molecule has 2 aromatic rings. The highest BCUT2D eigenvalue weighted by atomic mass is 32.2. The van der Waals surface area contributed by atoms with Crippen molar-refractivity contribution in [2.24, 2.45) is 5.73 Å². The number of nitrogens with zero attached hydrogens (tertiary/aromatic N) is 1. The number of benzene rings is 1. The standard InChI is InChI=1S/C14H20N2O2S/c1-11(15)9-12-3-4-14-13(10-12)5-6-16(14)7-8-19(2,17)18/h3-6,10-11H,7-9,15H2,1-2H3. The van der Waals surface area contributed by atoms with E-state index < -0.39 is 9.84 Å². The lowest BCUT2D eigenvalue weighted by molar-refractivity contribution is 0.596. The van der Waals surface area contributed by atoms with Crippen LogP contribution < -0.4 is 5.73 Å². The second kappa shape index (κ2) is 5.35. The number of sulfone groups is 1. The van der Waals surface area contributed by atoms with Gasteiger partial charge in [-0.05, 0) is 42.5 Å². The topological polar surface area (TPSA) is 65.1 Å². The molecule has 0 saturated carbocycles. The van der Waals surface area contributed by atoms with E-state index in [1.165, 1.54) is 11.8 Å². The van der Waals surface area contributed by atoms with E-state index in [1.54, 1.807) is 0 Å². The van der Waals surface area contributed by atoms with Gasteiger partial charge in [0, 0.05) is 30.6 Å². The molecule has 1 atom stereocenters. The molecule has 19 heavy (non-hydrogen) atoms. The van der Waals surface area contributed by atoms with Crippen molar-refractivity contribution in [2.75, 3.05) is 12.0 Å². The third-order valence-electron chi connectivity index (χ3n) is 3.10. The number of nitrogens with two attached hydrogens (primary N) is 1. The highest BCUT2D eigenvalue weighted by Gasteiger charge is 2.06. The number of hydrogen-bond donors (Lipinski definition) is 1. The lowest BCUT2D eigenvalue weighted by Crippen LogP contribution is -2.17. The summed E-state index contributed by atoms with van der Waals surface area (Å²) < 4.78 is 24.4. The number of hydrogen-bond acceptors (Lipinski definition) is 3. The summed E-state index contributed by atoms with van der Waals surface area (Å²) in [6.07, 6.45) is 4.05. The maximum atomic E-state index is 11.2. The van der Waals surface area contributed by atoms with E-state index in [9.17, 15) is 8.42 Å². The van der Waals surface area contributed by atoms with Crippen molar-refractivity contribution in [3.05, 3.63) is 36.0 Å². The van der Waals surface area contributed by atoms with Crippen LogP contribution in [0.25, 0.3) is 10.9 Å². The molecule has 0 bridgehead atoms. The summed E-state index contributed by atoms with van der Waals surface area (Å²) in [5.41, 5.74) is 8.08. The molecule has 4 nitrogen and oxygen atoms in total. The van der Waals surface area contributed by atoms with Crippen LogP contribution in [-0.4, -0.2) is 31.0 Å². The summed E-state index contributed by atoms with van der Waals surface area (Å²) in [5, 5.41) is 1.13. The fourth-order valence-electron chi connectivity index (χ4n) is 2.21. The molecular weight excluding hydrogens is 260 g/mol. The largest absolute Gasteiger partial charge is 0.346 e. The second-order valence-electron chi connectivity index (χ2n) is 5.21. The van der Waals surface area contributed by atoms with Gasteiger partial charge in [0.1, 0.15) is 9.84 Å². The number of fused-ring (bicyclic) bond motifs is 1. The molecule has 0 spiro atoms. The molecule has 5 heteroatoms. The lowest BCUT2D eigenvalue weighted by Gasteiger charge is -2.07. The molecule has 0 saturated heterocycles. The highest BCUT2D eigenvalue weighted by Crippen LogP contribution is 2.18. The average Bonchev–Trinajstić information content (AvgIpc) is 2.67. The van der Waals surface area contributed by atoms with Crippen molar-refractivity contribution in [1.29, 1.82) is 0 Å². The van der Waals surface area contributed by atoms with E-state index in [0.29, 0.717) is 6.54 Å². The lowest BCUT2D eigenvalue weighted by atomic mass is 10.1. The van der Waals surface area contributed by atoms with Crippen LogP contribution in [0.1, 0.15) is 12.5 Å². The van der Waals surface area contributed by atoms with Gasteiger partial charge in [-0.3, -0.25) is 0 Å².